The monoisotopic (exact) mass is 370 g/mol. The maximum absolute atomic E-state index is 13.4. The van der Waals surface area contributed by atoms with E-state index in [1.807, 2.05) is 0 Å². The highest BCUT2D eigenvalue weighted by molar-refractivity contribution is 7.89. The molecule has 2 N–H and O–H groups in total. The molecule has 0 saturated heterocycles. The SMILES string of the molecule is NS(=O)(=O)c1ccc(-c2cc3c(n2-c2ccc(F)cc2)CCCC3)cc1. The second kappa shape index (κ2) is 6.37. The molecule has 1 aliphatic carbocycles. The molecule has 1 heterocycles. The highest BCUT2D eigenvalue weighted by atomic mass is 32.2. The molecule has 2 aromatic carbocycles. The van der Waals surface area contributed by atoms with Crippen molar-refractivity contribution < 1.29 is 12.8 Å². The van der Waals surface area contributed by atoms with E-state index in [4.69, 9.17) is 5.14 Å². The normalized spacial score (nSPS) is 14.2. The molecule has 0 fully saturated rings. The van der Waals surface area contributed by atoms with Crippen LogP contribution < -0.4 is 5.14 Å². The molecule has 1 aromatic heterocycles. The summed E-state index contributed by atoms with van der Waals surface area (Å²) in [6, 6.07) is 15.2. The minimum atomic E-state index is -3.72. The van der Waals surface area contributed by atoms with Crippen LogP contribution in [0.3, 0.4) is 0 Å². The van der Waals surface area contributed by atoms with E-state index < -0.39 is 10.0 Å². The Labute approximate surface area is 152 Å². The number of hydrogen-bond donors (Lipinski definition) is 1. The smallest absolute Gasteiger partial charge is 0.238 e. The summed E-state index contributed by atoms with van der Waals surface area (Å²) in [7, 11) is -3.72. The Bertz CT molecular complexity index is 1050. The molecule has 6 heteroatoms. The summed E-state index contributed by atoms with van der Waals surface area (Å²) in [4.78, 5) is 0.0888. The van der Waals surface area contributed by atoms with Crippen molar-refractivity contribution in [1.29, 1.82) is 0 Å². The standard InChI is InChI=1S/C20H19FN2O2S/c21-16-7-9-17(10-8-16)23-19-4-2-1-3-15(19)13-20(23)14-5-11-18(12-6-14)26(22,24)25/h5-13H,1-4H2,(H2,22,24,25). The second-order valence-electron chi connectivity index (χ2n) is 6.59. The minimum absolute atomic E-state index is 0.0888. The highest BCUT2D eigenvalue weighted by Crippen LogP contribution is 2.34. The Kier molecular flexibility index (Phi) is 4.17. The van der Waals surface area contributed by atoms with Gasteiger partial charge < -0.3 is 4.57 Å². The van der Waals surface area contributed by atoms with Gasteiger partial charge >= 0.3 is 0 Å². The number of halogens is 1. The van der Waals surface area contributed by atoms with Gasteiger partial charge in [-0.25, -0.2) is 17.9 Å². The molecule has 134 valence electrons. The van der Waals surface area contributed by atoms with E-state index in [1.165, 1.54) is 35.5 Å². The lowest BCUT2D eigenvalue weighted by atomic mass is 9.98. The molecule has 0 spiro atoms. The molecular weight excluding hydrogens is 351 g/mol. The molecule has 0 saturated carbocycles. The molecule has 4 nitrogen and oxygen atoms in total. The molecule has 0 atom stereocenters. The minimum Gasteiger partial charge on any atom is -0.313 e. The molecule has 0 radical (unpaired) electrons. The summed E-state index contributed by atoms with van der Waals surface area (Å²) in [5.41, 5.74) is 5.32. The van der Waals surface area contributed by atoms with Crippen LogP contribution in [0.2, 0.25) is 0 Å². The van der Waals surface area contributed by atoms with E-state index in [0.29, 0.717) is 0 Å². The predicted octanol–water partition coefficient (Wildman–Crippen LogP) is 3.81. The van der Waals surface area contributed by atoms with Crippen molar-refractivity contribution in [3.63, 3.8) is 0 Å². The number of sulfonamides is 1. The van der Waals surface area contributed by atoms with E-state index in [2.05, 4.69) is 10.6 Å². The van der Waals surface area contributed by atoms with Gasteiger partial charge in [0.15, 0.2) is 0 Å². The molecule has 0 bridgehead atoms. The van der Waals surface area contributed by atoms with Gasteiger partial charge in [-0.1, -0.05) is 12.1 Å². The molecular formula is C20H19FN2O2S. The lowest BCUT2D eigenvalue weighted by Gasteiger charge is -2.17. The van der Waals surface area contributed by atoms with Crippen LogP contribution in [0.4, 0.5) is 4.39 Å². The summed E-state index contributed by atoms with van der Waals surface area (Å²) in [6.07, 6.45) is 4.28. The number of hydrogen-bond acceptors (Lipinski definition) is 2. The van der Waals surface area contributed by atoms with Crippen LogP contribution in [0.15, 0.2) is 59.5 Å². The topological polar surface area (TPSA) is 65.1 Å². The van der Waals surface area contributed by atoms with Crippen molar-refractivity contribution in [2.75, 3.05) is 0 Å². The number of primary sulfonamides is 1. The number of nitrogens with zero attached hydrogens (tertiary/aromatic N) is 1. The summed E-state index contributed by atoms with van der Waals surface area (Å²) >= 11 is 0. The zero-order valence-electron chi connectivity index (χ0n) is 14.2. The predicted molar refractivity (Wildman–Crippen MR) is 99.2 cm³/mol. The fourth-order valence-corrected chi connectivity index (χ4v) is 4.13. The summed E-state index contributed by atoms with van der Waals surface area (Å²) in [6.45, 7) is 0. The molecule has 26 heavy (non-hydrogen) atoms. The van der Waals surface area contributed by atoms with Crippen molar-refractivity contribution in [2.24, 2.45) is 5.14 Å². The fourth-order valence-electron chi connectivity index (χ4n) is 3.61. The summed E-state index contributed by atoms with van der Waals surface area (Å²) in [5.74, 6) is -0.270. The molecule has 0 unspecified atom stereocenters. The third-order valence-electron chi connectivity index (χ3n) is 4.87. The molecule has 4 rings (SSSR count). The van der Waals surface area contributed by atoms with E-state index in [-0.39, 0.29) is 10.7 Å². The van der Waals surface area contributed by atoms with Gasteiger partial charge in [0.25, 0.3) is 0 Å². The van der Waals surface area contributed by atoms with E-state index in [9.17, 15) is 12.8 Å². The van der Waals surface area contributed by atoms with Gasteiger partial charge in [0.05, 0.1) is 10.6 Å². The quantitative estimate of drug-likeness (QED) is 0.762. The average molecular weight is 370 g/mol. The van der Waals surface area contributed by atoms with Crippen LogP contribution in [0.5, 0.6) is 0 Å². The zero-order valence-corrected chi connectivity index (χ0v) is 15.0. The fraction of sp³-hybridized carbons (Fsp3) is 0.200. The second-order valence-corrected chi connectivity index (χ2v) is 8.15. The van der Waals surface area contributed by atoms with Gasteiger partial charge in [-0.05, 0) is 79.3 Å². The van der Waals surface area contributed by atoms with Crippen molar-refractivity contribution in [2.45, 2.75) is 30.6 Å². The molecule has 1 aliphatic rings. The number of aromatic nitrogens is 1. The Balaban J connectivity index is 1.88. The largest absolute Gasteiger partial charge is 0.313 e. The van der Waals surface area contributed by atoms with E-state index >= 15 is 0 Å². The maximum Gasteiger partial charge on any atom is 0.238 e. The van der Waals surface area contributed by atoms with Crippen LogP contribution in [-0.2, 0) is 22.9 Å². The van der Waals surface area contributed by atoms with Gasteiger partial charge in [-0.2, -0.15) is 0 Å². The Hall–Kier alpha value is -2.44. The van der Waals surface area contributed by atoms with E-state index in [0.717, 1.165) is 42.6 Å². The lowest BCUT2D eigenvalue weighted by molar-refractivity contribution is 0.598. The summed E-state index contributed by atoms with van der Waals surface area (Å²) < 4.78 is 38.5. The van der Waals surface area contributed by atoms with Crippen molar-refractivity contribution in [3.05, 3.63) is 71.7 Å². The van der Waals surface area contributed by atoms with Crippen LogP contribution in [0.25, 0.3) is 16.9 Å². The first-order valence-corrected chi connectivity index (χ1v) is 10.1. The van der Waals surface area contributed by atoms with Crippen LogP contribution >= 0.6 is 0 Å². The number of aryl methyl sites for hydroxylation is 1. The number of nitrogens with two attached hydrogens (primary N) is 1. The van der Waals surface area contributed by atoms with Gasteiger partial charge in [0, 0.05) is 11.4 Å². The number of fused-ring (bicyclic) bond motifs is 1. The van der Waals surface area contributed by atoms with Crippen molar-refractivity contribution >= 4 is 10.0 Å². The van der Waals surface area contributed by atoms with Crippen molar-refractivity contribution in [3.8, 4) is 16.9 Å². The Morgan fingerprint density at radius 2 is 1.58 bits per heavy atom. The summed E-state index contributed by atoms with van der Waals surface area (Å²) in [5, 5.41) is 5.19. The highest BCUT2D eigenvalue weighted by Gasteiger charge is 2.20. The van der Waals surface area contributed by atoms with Crippen molar-refractivity contribution in [1.82, 2.24) is 4.57 Å². The first kappa shape index (κ1) is 17.0. The van der Waals surface area contributed by atoms with Gasteiger partial charge in [-0.15, -0.1) is 0 Å². The van der Waals surface area contributed by atoms with Gasteiger partial charge in [0.2, 0.25) is 10.0 Å². The third-order valence-corrected chi connectivity index (χ3v) is 5.79. The number of benzene rings is 2. The van der Waals surface area contributed by atoms with Gasteiger partial charge in [0.1, 0.15) is 5.82 Å². The molecule has 3 aromatic rings. The first-order chi connectivity index (χ1) is 12.4. The van der Waals surface area contributed by atoms with Gasteiger partial charge in [-0.3, -0.25) is 0 Å². The van der Waals surface area contributed by atoms with Crippen LogP contribution in [0, 0.1) is 5.82 Å². The zero-order chi connectivity index (χ0) is 18.3. The Morgan fingerprint density at radius 1 is 0.923 bits per heavy atom. The van der Waals surface area contributed by atoms with E-state index in [1.54, 1.807) is 24.3 Å². The third kappa shape index (κ3) is 3.06. The Morgan fingerprint density at radius 3 is 2.23 bits per heavy atom. The van der Waals surface area contributed by atoms with Crippen LogP contribution in [-0.4, -0.2) is 13.0 Å². The van der Waals surface area contributed by atoms with Crippen LogP contribution in [0.1, 0.15) is 24.1 Å². The lowest BCUT2D eigenvalue weighted by Crippen LogP contribution is -2.11. The maximum atomic E-state index is 13.4. The molecule has 0 aliphatic heterocycles. The molecule has 0 amide bonds. The first-order valence-electron chi connectivity index (χ1n) is 8.56. The average Bonchev–Trinajstić information content (AvgIpc) is 3.01. The number of rotatable bonds is 3.